The minimum Gasteiger partial charge on any atom is -0.484 e. The zero-order chi connectivity index (χ0) is 24.8. The van der Waals surface area contributed by atoms with E-state index in [2.05, 4.69) is 20.1 Å². The monoisotopic (exact) mass is 510 g/mol. The van der Waals surface area contributed by atoms with Gasteiger partial charge in [0.2, 0.25) is 0 Å². The fourth-order valence-corrected chi connectivity index (χ4v) is 4.97. The zero-order valence-corrected chi connectivity index (χ0v) is 19.0. The van der Waals surface area contributed by atoms with E-state index in [-0.39, 0.29) is 54.4 Å². The quantitative estimate of drug-likeness (QED) is 0.475. The topological polar surface area (TPSA) is 115 Å². The lowest BCUT2D eigenvalue weighted by atomic mass is 9.44. The molecule has 186 valence electrons. The van der Waals surface area contributed by atoms with E-state index in [0.29, 0.717) is 35.6 Å². The molecule has 4 aliphatic rings. The summed E-state index contributed by atoms with van der Waals surface area (Å²) in [6.45, 7) is -0.732. The molecule has 0 unspecified atom stereocenters. The molecule has 2 bridgehead atoms. The molecule has 0 atom stereocenters. The Bertz CT molecular complexity index is 1170. The summed E-state index contributed by atoms with van der Waals surface area (Å²) < 4.78 is 45.7. The van der Waals surface area contributed by atoms with Gasteiger partial charge in [0.25, 0.3) is 11.8 Å². The van der Waals surface area contributed by atoms with Gasteiger partial charge in [-0.25, -0.2) is 0 Å². The highest BCUT2D eigenvalue weighted by molar-refractivity contribution is 6.31. The van der Waals surface area contributed by atoms with Crippen molar-refractivity contribution in [3.8, 4) is 23.0 Å². The number of fused-ring (bicyclic) bond motifs is 1. The highest BCUT2D eigenvalue weighted by Crippen LogP contribution is 2.60. The van der Waals surface area contributed by atoms with Gasteiger partial charge in [-0.15, -0.1) is 8.78 Å². The minimum absolute atomic E-state index is 0.110. The standard InChI is InChI=1S/C23H21ClF2N2O7/c24-16-3-1-14(5-13(16)7-29)32-8-19(30)27-21-10-22(11-21,12-21)28-20(31)9-33-15-2-4-17-18(6-15)35-23(25,26)34-17/h1-6,29H,7-12H2,(H,27,30)(H,28,31). The first-order chi connectivity index (χ1) is 16.6. The van der Waals surface area contributed by atoms with Gasteiger partial charge in [0.05, 0.1) is 6.61 Å². The molecule has 3 N–H and O–H groups in total. The Morgan fingerprint density at radius 3 is 2.06 bits per heavy atom. The first kappa shape index (κ1) is 23.4. The lowest BCUT2D eigenvalue weighted by Gasteiger charge is -2.70. The van der Waals surface area contributed by atoms with Crippen LogP contribution in [0.1, 0.15) is 24.8 Å². The van der Waals surface area contributed by atoms with E-state index in [4.69, 9.17) is 21.1 Å². The second-order valence-electron chi connectivity index (χ2n) is 8.95. The van der Waals surface area contributed by atoms with Gasteiger partial charge in [-0.3, -0.25) is 9.59 Å². The molecule has 9 nitrogen and oxygen atoms in total. The Morgan fingerprint density at radius 2 is 1.46 bits per heavy atom. The summed E-state index contributed by atoms with van der Waals surface area (Å²) >= 11 is 5.94. The number of aliphatic hydroxyl groups is 1. The third-order valence-electron chi connectivity index (χ3n) is 6.14. The predicted octanol–water partition coefficient (Wildman–Crippen LogP) is 2.52. The van der Waals surface area contributed by atoms with Crippen molar-refractivity contribution in [2.45, 2.75) is 43.2 Å². The summed E-state index contributed by atoms with van der Waals surface area (Å²) in [6.07, 6.45) is -1.95. The number of aliphatic hydroxyl groups excluding tert-OH is 1. The van der Waals surface area contributed by atoms with Crippen molar-refractivity contribution in [3.05, 3.63) is 47.0 Å². The number of alkyl halides is 2. The van der Waals surface area contributed by atoms with E-state index in [1.54, 1.807) is 18.2 Å². The van der Waals surface area contributed by atoms with Crippen LogP contribution < -0.4 is 29.6 Å². The van der Waals surface area contributed by atoms with E-state index >= 15 is 0 Å². The van der Waals surface area contributed by atoms with Crippen LogP contribution in [0.5, 0.6) is 23.0 Å². The number of carbonyl (C=O) groups excluding carboxylic acids is 2. The second kappa shape index (κ2) is 8.42. The lowest BCUT2D eigenvalue weighted by molar-refractivity contribution is -0.286. The number of benzene rings is 2. The van der Waals surface area contributed by atoms with Crippen LogP contribution in [0.15, 0.2) is 36.4 Å². The summed E-state index contributed by atoms with van der Waals surface area (Å²) in [5, 5.41) is 15.5. The van der Waals surface area contributed by atoms with Crippen LogP contribution in [0.4, 0.5) is 8.78 Å². The van der Waals surface area contributed by atoms with Crippen LogP contribution >= 0.6 is 11.6 Å². The molecule has 3 saturated carbocycles. The molecule has 2 aromatic carbocycles. The fourth-order valence-electron chi connectivity index (χ4n) is 4.80. The molecule has 3 aliphatic carbocycles. The predicted molar refractivity (Wildman–Crippen MR) is 117 cm³/mol. The minimum atomic E-state index is -3.72. The smallest absolute Gasteiger partial charge is 0.484 e. The first-order valence-electron chi connectivity index (χ1n) is 10.8. The highest BCUT2D eigenvalue weighted by Gasteiger charge is 2.69. The van der Waals surface area contributed by atoms with Crippen LogP contribution in [0.3, 0.4) is 0 Å². The summed E-state index contributed by atoms with van der Waals surface area (Å²) in [6, 6.07) is 8.68. The number of ether oxygens (including phenoxy) is 4. The van der Waals surface area contributed by atoms with Crippen molar-refractivity contribution in [2.75, 3.05) is 13.2 Å². The SMILES string of the molecule is O=C(COc1ccc(Cl)c(CO)c1)NC12CC(NC(=O)COc3ccc4c(c3)OC(F)(F)O4)(C1)C2. The maximum atomic E-state index is 13.1. The zero-order valence-electron chi connectivity index (χ0n) is 18.2. The molecule has 12 heteroatoms. The number of halogens is 3. The number of hydrogen-bond donors (Lipinski definition) is 3. The number of nitrogens with one attached hydrogen (secondary N) is 2. The first-order valence-corrected chi connectivity index (χ1v) is 11.1. The van der Waals surface area contributed by atoms with Gasteiger partial charge in [-0.2, -0.15) is 0 Å². The van der Waals surface area contributed by atoms with Gasteiger partial charge < -0.3 is 34.7 Å². The largest absolute Gasteiger partial charge is 0.586 e. The van der Waals surface area contributed by atoms with E-state index in [9.17, 15) is 23.5 Å². The second-order valence-corrected chi connectivity index (χ2v) is 9.36. The van der Waals surface area contributed by atoms with E-state index in [1.807, 2.05) is 0 Å². The Kier molecular flexibility index (Phi) is 5.64. The van der Waals surface area contributed by atoms with Crippen LogP contribution in [0.2, 0.25) is 5.02 Å². The van der Waals surface area contributed by atoms with Gasteiger partial charge >= 0.3 is 6.29 Å². The molecular formula is C23H21ClF2N2O7. The normalized spacial score (nSPS) is 24.6. The van der Waals surface area contributed by atoms with Crippen molar-refractivity contribution in [1.29, 1.82) is 0 Å². The van der Waals surface area contributed by atoms with Gasteiger partial charge in [0.15, 0.2) is 24.7 Å². The van der Waals surface area contributed by atoms with Gasteiger partial charge in [-0.05, 0) is 55.2 Å². The summed E-state index contributed by atoms with van der Waals surface area (Å²) in [5.74, 6) is -0.319. The van der Waals surface area contributed by atoms with Gasteiger partial charge in [-0.1, -0.05) is 11.6 Å². The van der Waals surface area contributed by atoms with E-state index < -0.39 is 11.8 Å². The molecule has 0 saturated heterocycles. The third-order valence-corrected chi connectivity index (χ3v) is 6.51. The van der Waals surface area contributed by atoms with E-state index in [0.717, 1.165) is 0 Å². The molecule has 1 aliphatic heterocycles. The molecule has 0 aromatic heterocycles. The molecule has 6 rings (SSSR count). The number of hydrogen-bond acceptors (Lipinski definition) is 7. The molecule has 35 heavy (non-hydrogen) atoms. The number of amides is 2. The van der Waals surface area contributed by atoms with Crippen LogP contribution in [-0.2, 0) is 16.2 Å². The average Bonchev–Trinajstić information content (AvgIpc) is 3.07. The Labute approximate surface area is 203 Å². The third kappa shape index (κ3) is 4.78. The summed E-state index contributed by atoms with van der Waals surface area (Å²) in [5.41, 5.74) is -0.254. The average molecular weight is 511 g/mol. The Morgan fingerprint density at radius 1 is 0.914 bits per heavy atom. The maximum absolute atomic E-state index is 13.1. The van der Waals surface area contributed by atoms with Crippen molar-refractivity contribution < 1.29 is 42.4 Å². The molecule has 1 heterocycles. The number of carbonyl (C=O) groups is 2. The van der Waals surface area contributed by atoms with Crippen LogP contribution in [-0.4, -0.2) is 47.5 Å². The molecule has 0 spiro atoms. The maximum Gasteiger partial charge on any atom is 0.586 e. The molecular weight excluding hydrogens is 490 g/mol. The molecule has 2 amide bonds. The summed E-state index contributed by atoms with van der Waals surface area (Å²) in [4.78, 5) is 24.6. The summed E-state index contributed by atoms with van der Waals surface area (Å²) in [7, 11) is 0. The van der Waals surface area contributed by atoms with Crippen LogP contribution in [0, 0.1) is 0 Å². The number of rotatable bonds is 9. The molecule has 0 radical (unpaired) electrons. The molecule has 2 aromatic rings. The van der Waals surface area contributed by atoms with Crippen molar-refractivity contribution in [3.63, 3.8) is 0 Å². The van der Waals surface area contributed by atoms with Crippen molar-refractivity contribution in [1.82, 2.24) is 10.6 Å². The van der Waals surface area contributed by atoms with Crippen molar-refractivity contribution in [2.24, 2.45) is 0 Å². The highest BCUT2D eigenvalue weighted by atomic mass is 35.5. The van der Waals surface area contributed by atoms with Crippen molar-refractivity contribution >= 4 is 23.4 Å². The van der Waals surface area contributed by atoms with Crippen LogP contribution in [0.25, 0.3) is 0 Å². The van der Waals surface area contributed by atoms with E-state index in [1.165, 1.54) is 18.2 Å². The Balaban J connectivity index is 1.03. The Hall–Kier alpha value is -3.31. The fraction of sp³-hybridized carbons (Fsp3) is 0.391. The lowest BCUT2D eigenvalue weighted by Crippen LogP contribution is -2.84. The molecule has 3 fully saturated rings. The van der Waals surface area contributed by atoms with Gasteiger partial charge in [0, 0.05) is 22.2 Å². The van der Waals surface area contributed by atoms with Gasteiger partial charge in [0.1, 0.15) is 11.5 Å².